The lowest BCUT2D eigenvalue weighted by atomic mass is 10.2. The van der Waals surface area contributed by atoms with Crippen molar-refractivity contribution in [3.8, 4) is 5.75 Å². The van der Waals surface area contributed by atoms with Gasteiger partial charge in [0.1, 0.15) is 11.8 Å². The van der Waals surface area contributed by atoms with Crippen LogP contribution in [0.5, 0.6) is 5.75 Å². The highest BCUT2D eigenvalue weighted by Gasteiger charge is 2.19. The molecule has 0 heterocycles. The number of carboxylic acids is 1. The second kappa shape index (κ2) is 7.29. The number of carboxylic acid groups (broad SMARTS) is 1. The number of carbonyl (C=O) groups excluding carboxylic acids is 1. The van der Waals surface area contributed by atoms with E-state index in [0.717, 1.165) is 0 Å². The molecule has 6 heteroatoms. The average Bonchev–Trinajstić information content (AvgIpc) is 2.37. The van der Waals surface area contributed by atoms with Gasteiger partial charge < -0.3 is 20.3 Å². The molecular weight excluding hydrogens is 238 g/mol. The van der Waals surface area contributed by atoms with Gasteiger partial charge in [0.2, 0.25) is 0 Å². The standard InChI is InChI=1S/C12H15NO5/c14-7-6-10(12(16)17)13-11(15)8-18-9-4-2-1-3-5-9/h1-5,10,14H,6-8H2,(H,13,15)(H,16,17)/t10-/m0/s1. The largest absolute Gasteiger partial charge is 0.484 e. The predicted octanol–water partition coefficient (Wildman–Crippen LogP) is 0.0172. The maximum Gasteiger partial charge on any atom is 0.326 e. The van der Waals surface area contributed by atoms with Crippen LogP contribution in [0.25, 0.3) is 0 Å². The zero-order valence-electron chi connectivity index (χ0n) is 9.70. The molecule has 0 bridgehead atoms. The average molecular weight is 253 g/mol. The highest BCUT2D eigenvalue weighted by Crippen LogP contribution is 2.07. The maximum absolute atomic E-state index is 11.4. The highest BCUT2D eigenvalue weighted by atomic mass is 16.5. The number of benzene rings is 1. The van der Waals surface area contributed by atoms with Crippen LogP contribution in [0.2, 0.25) is 0 Å². The van der Waals surface area contributed by atoms with E-state index < -0.39 is 17.9 Å². The Balaban J connectivity index is 2.39. The summed E-state index contributed by atoms with van der Waals surface area (Å²) in [5, 5.41) is 19.7. The third-order valence-electron chi connectivity index (χ3n) is 2.16. The summed E-state index contributed by atoms with van der Waals surface area (Å²) in [5.74, 6) is -1.20. The number of rotatable bonds is 7. The van der Waals surface area contributed by atoms with E-state index in [-0.39, 0.29) is 19.6 Å². The SMILES string of the molecule is O=C(COc1ccccc1)N[C@@H](CCO)C(=O)O. The Morgan fingerprint density at radius 2 is 1.94 bits per heavy atom. The summed E-state index contributed by atoms with van der Waals surface area (Å²) >= 11 is 0. The molecule has 1 atom stereocenters. The van der Waals surface area contributed by atoms with Gasteiger partial charge in [-0.15, -0.1) is 0 Å². The van der Waals surface area contributed by atoms with Gasteiger partial charge in [-0.2, -0.15) is 0 Å². The quantitative estimate of drug-likeness (QED) is 0.636. The molecule has 18 heavy (non-hydrogen) atoms. The van der Waals surface area contributed by atoms with Crippen LogP contribution in [0.15, 0.2) is 30.3 Å². The lowest BCUT2D eigenvalue weighted by Gasteiger charge is -2.13. The van der Waals surface area contributed by atoms with Crippen LogP contribution in [0.4, 0.5) is 0 Å². The number of aliphatic carboxylic acids is 1. The predicted molar refractivity (Wildman–Crippen MR) is 63.2 cm³/mol. The fourth-order valence-corrected chi connectivity index (χ4v) is 1.29. The van der Waals surface area contributed by atoms with Gasteiger partial charge in [0, 0.05) is 13.0 Å². The lowest BCUT2D eigenvalue weighted by Crippen LogP contribution is -2.43. The Labute approximate surface area is 104 Å². The van der Waals surface area contributed by atoms with E-state index in [1.165, 1.54) is 0 Å². The zero-order chi connectivity index (χ0) is 13.4. The molecule has 0 aliphatic heterocycles. The second-order valence-electron chi connectivity index (χ2n) is 3.57. The number of amides is 1. The topological polar surface area (TPSA) is 95.9 Å². The molecular formula is C12H15NO5. The fourth-order valence-electron chi connectivity index (χ4n) is 1.29. The summed E-state index contributed by atoms with van der Waals surface area (Å²) in [6, 6.07) is 7.62. The number of hydrogen-bond acceptors (Lipinski definition) is 4. The van der Waals surface area contributed by atoms with E-state index in [9.17, 15) is 9.59 Å². The molecule has 3 N–H and O–H groups in total. The molecule has 0 saturated carbocycles. The number of ether oxygens (including phenoxy) is 1. The fraction of sp³-hybridized carbons (Fsp3) is 0.333. The van der Waals surface area contributed by atoms with E-state index in [4.69, 9.17) is 14.9 Å². The van der Waals surface area contributed by atoms with Crippen LogP contribution in [0.3, 0.4) is 0 Å². The lowest BCUT2D eigenvalue weighted by molar-refractivity contribution is -0.142. The van der Waals surface area contributed by atoms with Gasteiger partial charge in [-0.25, -0.2) is 4.79 Å². The molecule has 1 rings (SSSR count). The van der Waals surface area contributed by atoms with Crippen molar-refractivity contribution in [2.24, 2.45) is 0 Å². The molecule has 0 radical (unpaired) electrons. The van der Waals surface area contributed by atoms with Crippen LogP contribution in [-0.4, -0.2) is 41.3 Å². The molecule has 0 fully saturated rings. The van der Waals surface area contributed by atoms with E-state index in [1.54, 1.807) is 24.3 Å². The number of para-hydroxylation sites is 1. The van der Waals surface area contributed by atoms with Crippen molar-refractivity contribution >= 4 is 11.9 Å². The van der Waals surface area contributed by atoms with Crippen LogP contribution >= 0.6 is 0 Å². The Hall–Kier alpha value is -2.08. The number of aliphatic hydroxyl groups is 1. The molecule has 6 nitrogen and oxygen atoms in total. The summed E-state index contributed by atoms with van der Waals surface area (Å²) in [7, 11) is 0. The van der Waals surface area contributed by atoms with Gasteiger partial charge in [-0.3, -0.25) is 4.79 Å². The van der Waals surface area contributed by atoms with Crippen molar-refractivity contribution in [1.29, 1.82) is 0 Å². The Morgan fingerprint density at radius 1 is 1.28 bits per heavy atom. The maximum atomic E-state index is 11.4. The number of carbonyl (C=O) groups is 2. The monoisotopic (exact) mass is 253 g/mol. The van der Waals surface area contributed by atoms with E-state index >= 15 is 0 Å². The Morgan fingerprint density at radius 3 is 2.50 bits per heavy atom. The van der Waals surface area contributed by atoms with Crippen LogP contribution in [-0.2, 0) is 9.59 Å². The number of aliphatic hydroxyl groups excluding tert-OH is 1. The molecule has 0 aliphatic carbocycles. The van der Waals surface area contributed by atoms with Crippen molar-refractivity contribution in [1.82, 2.24) is 5.32 Å². The Bertz CT molecular complexity index is 393. The normalized spacial score (nSPS) is 11.6. The van der Waals surface area contributed by atoms with Crippen LogP contribution in [0.1, 0.15) is 6.42 Å². The van der Waals surface area contributed by atoms with Gasteiger partial charge in [0.25, 0.3) is 5.91 Å². The van der Waals surface area contributed by atoms with Crippen molar-refractivity contribution in [2.75, 3.05) is 13.2 Å². The molecule has 0 aliphatic rings. The number of hydrogen-bond donors (Lipinski definition) is 3. The first-order valence-corrected chi connectivity index (χ1v) is 5.44. The molecule has 98 valence electrons. The van der Waals surface area contributed by atoms with Crippen molar-refractivity contribution in [3.05, 3.63) is 30.3 Å². The van der Waals surface area contributed by atoms with Gasteiger partial charge >= 0.3 is 5.97 Å². The minimum absolute atomic E-state index is 0.0353. The smallest absolute Gasteiger partial charge is 0.326 e. The summed E-state index contributed by atoms with van der Waals surface area (Å²) in [5.41, 5.74) is 0. The zero-order valence-corrected chi connectivity index (χ0v) is 9.70. The first-order valence-electron chi connectivity index (χ1n) is 5.44. The van der Waals surface area contributed by atoms with Crippen LogP contribution < -0.4 is 10.1 Å². The van der Waals surface area contributed by atoms with Gasteiger partial charge in [-0.1, -0.05) is 18.2 Å². The number of nitrogens with one attached hydrogen (secondary N) is 1. The molecule has 0 unspecified atom stereocenters. The molecule has 1 amide bonds. The summed E-state index contributed by atoms with van der Waals surface area (Å²) in [4.78, 5) is 22.2. The summed E-state index contributed by atoms with van der Waals surface area (Å²) in [6.45, 7) is -0.573. The molecule has 0 spiro atoms. The highest BCUT2D eigenvalue weighted by molar-refractivity contribution is 5.84. The molecule has 1 aromatic carbocycles. The van der Waals surface area contributed by atoms with Crippen molar-refractivity contribution in [3.63, 3.8) is 0 Å². The second-order valence-corrected chi connectivity index (χ2v) is 3.57. The molecule has 0 saturated heterocycles. The third kappa shape index (κ3) is 4.84. The summed E-state index contributed by atoms with van der Waals surface area (Å²) in [6.07, 6.45) is -0.0353. The third-order valence-corrected chi connectivity index (χ3v) is 2.16. The van der Waals surface area contributed by atoms with Crippen molar-refractivity contribution in [2.45, 2.75) is 12.5 Å². The van der Waals surface area contributed by atoms with Gasteiger partial charge in [0.05, 0.1) is 0 Å². The minimum atomic E-state index is -1.18. The van der Waals surface area contributed by atoms with E-state index in [0.29, 0.717) is 5.75 Å². The van der Waals surface area contributed by atoms with E-state index in [1.807, 2.05) is 6.07 Å². The van der Waals surface area contributed by atoms with Gasteiger partial charge in [-0.05, 0) is 12.1 Å². The minimum Gasteiger partial charge on any atom is -0.484 e. The molecule has 0 aromatic heterocycles. The first-order chi connectivity index (χ1) is 8.63. The van der Waals surface area contributed by atoms with Crippen molar-refractivity contribution < 1.29 is 24.5 Å². The summed E-state index contributed by atoms with van der Waals surface area (Å²) < 4.78 is 5.16. The van der Waals surface area contributed by atoms with Gasteiger partial charge in [0.15, 0.2) is 6.61 Å². The molecule has 1 aromatic rings. The van der Waals surface area contributed by atoms with E-state index in [2.05, 4.69) is 5.32 Å². The Kier molecular flexibility index (Phi) is 5.66. The van der Waals surface area contributed by atoms with Crippen LogP contribution in [0, 0.1) is 0 Å². The first kappa shape index (κ1) is 14.0.